The molecule has 0 aliphatic carbocycles. The average molecular weight is 493 g/mol. The number of pyridine rings is 1. The molecule has 3 aromatic carbocycles. The van der Waals surface area contributed by atoms with Gasteiger partial charge in [-0.3, -0.25) is 9.59 Å². The van der Waals surface area contributed by atoms with E-state index < -0.39 is 0 Å². The van der Waals surface area contributed by atoms with E-state index in [1.54, 1.807) is 0 Å². The largest absolute Gasteiger partial charge is 0.372 e. The molecule has 1 aromatic heterocycles. The molecule has 1 atom stereocenters. The maximum Gasteiger partial charge on any atom is 0.258 e. The van der Waals surface area contributed by atoms with Crippen molar-refractivity contribution in [1.82, 2.24) is 9.99 Å². The molecule has 1 aliphatic rings. The second-order valence-electron chi connectivity index (χ2n) is 9.51. The Morgan fingerprint density at radius 3 is 2.35 bits per heavy atom. The maximum atomic E-state index is 13.6. The van der Waals surface area contributed by atoms with Crippen molar-refractivity contribution in [3.8, 4) is 11.1 Å². The minimum atomic E-state index is -0.269. The van der Waals surface area contributed by atoms with Gasteiger partial charge in [0.15, 0.2) is 0 Å². The van der Waals surface area contributed by atoms with Crippen LogP contribution < -0.4 is 10.5 Å². The van der Waals surface area contributed by atoms with Crippen molar-refractivity contribution in [2.24, 2.45) is 5.10 Å². The summed E-state index contributed by atoms with van der Waals surface area (Å²) in [6.45, 7) is 9.67. The molecular weight excluding hydrogens is 460 g/mol. The monoisotopic (exact) mass is 492 g/mol. The van der Waals surface area contributed by atoms with Crippen LogP contribution in [0.25, 0.3) is 22.0 Å². The molecule has 0 fully saturated rings. The molecule has 1 unspecified atom stereocenters. The Kier molecular flexibility index (Phi) is 6.66. The summed E-state index contributed by atoms with van der Waals surface area (Å²) < 4.78 is 0. The van der Waals surface area contributed by atoms with E-state index in [4.69, 9.17) is 5.10 Å². The third-order valence-electron chi connectivity index (χ3n) is 7.16. The van der Waals surface area contributed by atoms with Crippen LogP contribution in [0.2, 0.25) is 0 Å². The minimum absolute atomic E-state index is 0.151. The first-order chi connectivity index (χ1) is 17.9. The van der Waals surface area contributed by atoms with E-state index in [-0.39, 0.29) is 17.5 Å². The van der Waals surface area contributed by atoms with Crippen LogP contribution in [-0.4, -0.2) is 34.7 Å². The number of aryl methyl sites for hydroxylation is 1. The average Bonchev–Trinajstić information content (AvgIpc) is 3.35. The number of rotatable bonds is 6. The molecule has 0 spiro atoms. The van der Waals surface area contributed by atoms with Gasteiger partial charge in [-0.25, -0.2) is 5.01 Å². The molecule has 1 aliphatic heterocycles. The van der Waals surface area contributed by atoms with Gasteiger partial charge in [0.1, 0.15) is 0 Å². The number of nitrogens with one attached hydrogen (secondary N) is 1. The first kappa shape index (κ1) is 24.5. The van der Waals surface area contributed by atoms with Crippen molar-refractivity contribution >= 4 is 28.2 Å². The van der Waals surface area contributed by atoms with Crippen molar-refractivity contribution in [2.75, 3.05) is 18.0 Å². The van der Waals surface area contributed by atoms with Gasteiger partial charge in [0, 0.05) is 48.6 Å². The number of carbonyl (C=O) groups excluding carboxylic acids is 1. The maximum absolute atomic E-state index is 13.6. The summed E-state index contributed by atoms with van der Waals surface area (Å²) in [5.41, 5.74) is 6.75. The van der Waals surface area contributed by atoms with E-state index in [1.807, 2.05) is 49.4 Å². The normalized spacial score (nSPS) is 15.2. The number of amides is 1. The number of nitrogens with zero attached hydrogens (tertiary/aromatic N) is 3. The number of benzene rings is 3. The SMILES string of the molecule is CCN(CC)c1ccc(C2CC(c3c(-c4ccccc4)c4ccc(C)cc4[nH]c3=O)=NN2C(C)=O)cc1. The van der Waals surface area contributed by atoms with Gasteiger partial charge < -0.3 is 9.88 Å². The fraction of sp³-hybridized carbons (Fsp3) is 0.258. The number of hydrogen-bond acceptors (Lipinski definition) is 4. The summed E-state index contributed by atoms with van der Waals surface area (Å²) >= 11 is 0. The van der Waals surface area contributed by atoms with E-state index in [0.29, 0.717) is 17.7 Å². The summed E-state index contributed by atoms with van der Waals surface area (Å²) in [5.74, 6) is -0.151. The Morgan fingerprint density at radius 2 is 1.70 bits per heavy atom. The molecule has 5 rings (SSSR count). The van der Waals surface area contributed by atoms with Crippen LogP contribution >= 0.6 is 0 Å². The van der Waals surface area contributed by atoms with Crippen molar-refractivity contribution < 1.29 is 4.79 Å². The van der Waals surface area contributed by atoms with Gasteiger partial charge in [0.25, 0.3) is 5.56 Å². The van der Waals surface area contributed by atoms with Gasteiger partial charge >= 0.3 is 0 Å². The van der Waals surface area contributed by atoms with Gasteiger partial charge in [-0.1, -0.05) is 54.6 Å². The molecule has 188 valence electrons. The molecule has 6 nitrogen and oxygen atoms in total. The number of H-pyrrole nitrogens is 1. The number of hydrogen-bond donors (Lipinski definition) is 1. The minimum Gasteiger partial charge on any atom is -0.372 e. The highest BCUT2D eigenvalue weighted by atomic mass is 16.2. The fourth-order valence-corrected chi connectivity index (χ4v) is 5.30. The van der Waals surface area contributed by atoms with Crippen LogP contribution in [0, 0.1) is 6.92 Å². The zero-order valence-corrected chi connectivity index (χ0v) is 21.8. The second kappa shape index (κ2) is 10.1. The molecule has 0 saturated heterocycles. The topological polar surface area (TPSA) is 68.8 Å². The van der Waals surface area contributed by atoms with Crippen molar-refractivity contribution in [1.29, 1.82) is 0 Å². The lowest BCUT2D eigenvalue weighted by Crippen LogP contribution is -2.25. The second-order valence-corrected chi connectivity index (χ2v) is 9.51. The van der Waals surface area contributed by atoms with Gasteiger partial charge in [-0.2, -0.15) is 5.10 Å². The Hall–Kier alpha value is -4.19. The van der Waals surface area contributed by atoms with Gasteiger partial charge in [0.2, 0.25) is 5.91 Å². The fourth-order valence-electron chi connectivity index (χ4n) is 5.30. The lowest BCUT2D eigenvalue weighted by Gasteiger charge is -2.23. The highest BCUT2D eigenvalue weighted by Crippen LogP contribution is 2.37. The molecule has 6 heteroatoms. The van der Waals surface area contributed by atoms with Gasteiger partial charge in [0.05, 0.1) is 17.3 Å². The summed E-state index contributed by atoms with van der Waals surface area (Å²) in [4.78, 5) is 31.6. The van der Waals surface area contributed by atoms with Gasteiger partial charge in [-0.05, 0) is 55.7 Å². The van der Waals surface area contributed by atoms with Crippen LogP contribution in [0.3, 0.4) is 0 Å². The van der Waals surface area contributed by atoms with Crippen molar-refractivity contribution in [3.63, 3.8) is 0 Å². The number of aromatic nitrogens is 1. The number of aromatic amines is 1. The van der Waals surface area contributed by atoms with E-state index in [1.165, 1.54) is 11.9 Å². The van der Waals surface area contributed by atoms with Crippen molar-refractivity contribution in [3.05, 3.63) is 99.8 Å². The predicted molar refractivity (Wildman–Crippen MR) is 151 cm³/mol. The molecule has 0 bridgehead atoms. The first-order valence-electron chi connectivity index (χ1n) is 12.9. The van der Waals surface area contributed by atoms with E-state index in [2.05, 4.69) is 54.1 Å². The highest BCUT2D eigenvalue weighted by Gasteiger charge is 2.34. The molecule has 1 N–H and O–H groups in total. The zero-order valence-electron chi connectivity index (χ0n) is 21.8. The number of carbonyl (C=O) groups is 1. The quantitative estimate of drug-likeness (QED) is 0.356. The third kappa shape index (κ3) is 4.55. The molecule has 0 radical (unpaired) electrons. The zero-order chi connectivity index (χ0) is 26.1. The highest BCUT2D eigenvalue weighted by molar-refractivity contribution is 6.12. The summed E-state index contributed by atoms with van der Waals surface area (Å²) in [7, 11) is 0. The number of hydrazone groups is 1. The van der Waals surface area contributed by atoms with Crippen molar-refractivity contribution in [2.45, 2.75) is 40.2 Å². The van der Waals surface area contributed by atoms with Crippen LogP contribution in [0.1, 0.15) is 49.9 Å². The van der Waals surface area contributed by atoms with Crippen LogP contribution in [0.15, 0.2) is 82.7 Å². The third-order valence-corrected chi connectivity index (χ3v) is 7.16. The lowest BCUT2D eigenvalue weighted by atomic mass is 9.90. The molecule has 2 heterocycles. The molecule has 37 heavy (non-hydrogen) atoms. The Bertz CT molecular complexity index is 1530. The smallest absolute Gasteiger partial charge is 0.258 e. The lowest BCUT2D eigenvalue weighted by molar-refractivity contribution is -0.130. The van der Waals surface area contributed by atoms with Crippen LogP contribution in [-0.2, 0) is 4.79 Å². The number of anilines is 1. The summed E-state index contributed by atoms with van der Waals surface area (Å²) in [5, 5.41) is 7.22. The van der Waals surface area contributed by atoms with E-state index in [0.717, 1.165) is 51.9 Å². The predicted octanol–water partition coefficient (Wildman–Crippen LogP) is 6.05. The molecule has 4 aromatic rings. The first-order valence-corrected chi connectivity index (χ1v) is 12.9. The molecular formula is C31H32N4O2. The number of fused-ring (bicyclic) bond motifs is 1. The van der Waals surface area contributed by atoms with E-state index in [9.17, 15) is 9.59 Å². The molecule has 0 saturated carbocycles. The van der Waals surface area contributed by atoms with Gasteiger partial charge in [-0.15, -0.1) is 0 Å². The Balaban J connectivity index is 1.63. The summed E-state index contributed by atoms with van der Waals surface area (Å²) in [6.07, 6.45) is 0.463. The molecule has 1 amide bonds. The standard InChI is InChI=1S/C31H32N4O2/c1-5-34(6-2)24-15-13-22(14-16-24)28-19-27(33-35(28)21(4)36)30-29(23-10-8-7-9-11-23)25-17-12-20(3)18-26(25)32-31(30)37/h7-18,28H,5-6,19H2,1-4H3,(H,32,37). The van der Waals surface area contributed by atoms with E-state index >= 15 is 0 Å². The van der Waals surface area contributed by atoms with Crippen LogP contribution in [0.5, 0.6) is 0 Å². The summed E-state index contributed by atoms with van der Waals surface area (Å²) in [6, 6.07) is 24.1. The van der Waals surface area contributed by atoms with Crippen LogP contribution in [0.4, 0.5) is 5.69 Å². The Morgan fingerprint density at radius 1 is 1.00 bits per heavy atom. The Labute approximate surface area is 217 Å².